The number of hydrogen-bond donors (Lipinski definition) is 1. The summed E-state index contributed by atoms with van der Waals surface area (Å²) in [5, 5.41) is 0. The Hall–Kier alpha value is -1.06. The lowest BCUT2D eigenvalue weighted by Gasteiger charge is -2.34. The fourth-order valence-corrected chi connectivity index (χ4v) is 2.69. The molecule has 1 fully saturated rings. The van der Waals surface area contributed by atoms with E-state index in [1.807, 2.05) is 12.1 Å². The van der Waals surface area contributed by atoms with Crippen LogP contribution in [-0.4, -0.2) is 37.2 Å². The number of rotatable bonds is 4. The van der Waals surface area contributed by atoms with E-state index in [-0.39, 0.29) is 0 Å². The predicted octanol–water partition coefficient (Wildman–Crippen LogP) is 2.04. The molecule has 2 N–H and O–H groups in total. The Bertz CT molecular complexity index is 371. The summed E-state index contributed by atoms with van der Waals surface area (Å²) in [6, 6.07) is 8.52. The zero-order valence-corrected chi connectivity index (χ0v) is 11.4. The van der Waals surface area contributed by atoms with Gasteiger partial charge in [0.15, 0.2) is 0 Å². The Labute approximate surface area is 110 Å². The molecule has 0 aliphatic carbocycles. The second kappa shape index (κ2) is 6.21. The third kappa shape index (κ3) is 4.00. The van der Waals surface area contributed by atoms with Gasteiger partial charge in [0.2, 0.25) is 0 Å². The molecule has 18 heavy (non-hydrogen) atoms. The van der Waals surface area contributed by atoms with Crippen LogP contribution < -0.4 is 10.5 Å². The smallest absolute Gasteiger partial charge is 0.119 e. The highest BCUT2D eigenvalue weighted by Gasteiger charge is 2.21. The van der Waals surface area contributed by atoms with Gasteiger partial charge in [-0.15, -0.1) is 0 Å². The first-order valence-electron chi connectivity index (χ1n) is 6.81. The molecule has 1 aliphatic rings. The summed E-state index contributed by atoms with van der Waals surface area (Å²) in [7, 11) is 0. The maximum absolute atomic E-state index is 6.04. The molecule has 2 unspecified atom stereocenters. The fraction of sp³-hybridized carbons (Fsp3) is 0.600. The molecule has 1 aliphatic heterocycles. The first kappa shape index (κ1) is 13.4. The van der Waals surface area contributed by atoms with Gasteiger partial charge in [-0.1, -0.05) is 19.1 Å². The summed E-state index contributed by atoms with van der Waals surface area (Å²) in [5.41, 5.74) is 7.27. The third-order valence-corrected chi connectivity index (χ3v) is 3.43. The van der Waals surface area contributed by atoms with Crippen LogP contribution in [-0.2, 0) is 0 Å². The van der Waals surface area contributed by atoms with Crippen LogP contribution in [0.25, 0.3) is 0 Å². The molecular formula is C15H24N2O. The van der Waals surface area contributed by atoms with E-state index in [2.05, 4.69) is 30.9 Å². The standard InChI is InChI=1S/C15H24N2O/c1-12-4-3-5-15(9-12)18-7-6-17-10-13(2)8-14(16)11-17/h3-5,9,13-14H,6-8,10-11,16H2,1-2H3. The topological polar surface area (TPSA) is 38.5 Å². The molecule has 0 radical (unpaired) electrons. The van der Waals surface area contributed by atoms with Gasteiger partial charge in [-0.25, -0.2) is 0 Å². The molecule has 0 amide bonds. The van der Waals surface area contributed by atoms with Crippen molar-refractivity contribution in [3.63, 3.8) is 0 Å². The average Bonchev–Trinajstić information content (AvgIpc) is 2.27. The minimum Gasteiger partial charge on any atom is -0.492 e. The quantitative estimate of drug-likeness (QED) is 0.886. The van der Waals surface area contributed by atoms with Crippen molar-refractivity contribution in [1.29, 1.82) is 0 Å². The van der Waals surface area contributed by atoms with Crippen LogP contribution in [0.15, 0.2) is 24.3 Å². The summed E-state index contributed by atoms with van der Waals surface area (Å²) < 4.78 is 5.78. The lowest BCUT2D eigenvalue weighted by molar-refractivity contribution is 0.140. The van der Waals surface area contributed by atoms with Gasteiger partial charge in [0, 0.05) is 25.7 Å². The summed E-state index contributed by atoms with van der Waals surface area (Å²) in [4.78, 5) is 2.41. The molecule has 1 aromatic rings. The number of likely N-dealkylation sites (tertiary alicyclic amines) is 1. The fourth-order valence-electron chi connectivity index (χ4n) is 2.69. The van der Waals surface area contributed by atoms with Gasteiger partial charge in [0.1, 0.15) is 12.4 Å². The van der Waals surface area contributed by atoms with E-state index in [9.17, 15) is 0 Å². The molecule has 100 valence electrons. The van der Waals surface area contributed by atoms with Crippen molar-refractivity contribution >= 4 is 0 Å². The number of hydrogen-bond acceptors (Lipinski definition) is 3. The molecular weight excluding hydrogens is 224 g/mol. The van der Waals surface area contributed by atoms with Crippen molar-refractivity contribution in [2.75, 3.05) is 26.2 Å². The minimum atomic E-state index is 0.327. The van der Waals surface area contributed by atoms with E-state index >= 15 is 0 Å². The minimum absolute atomic E-state index is 0.327. The molecule has 1 aromatic carbocycles. The van der Waals surface area contributed by atoms with Crippen LogP contribution in [0, 0.1) is 12.8 Å². The first-order chi connectivity index (χ1) is 8.63. The van der Waals surface area contributed by atoms with E-state index in [4.69, 9.17) is 10.5 Å². The van der Waals surface area contributed by atoms with Crippen LogP contribution in [0.1, 0.15) is 18.9 Å². The summed E-state index contributed by atoms with van der Waals surface area (Å²) in [6.45, 7) is 8.20. The molecule has 0 bridgehead atoms. The lowest BCUT2D eigenvalue weighted by atomic mass is 9.97. The maximum atomic E-state index is 6.04. The number of piperidine rings is 1. The van der Waals surface area contributed by atoms with Crippen molar-refractivity contribution in [2.45, 2.75) is 26.3 Å². The molecule has 0 spiro atoms. The monoisotopic (exact) mass is 248 g/mol. The van der Waals surface area contributed by atoms with Crippen LogP contribution in [0.2, 0.25) is 0 Å². The van der Waals surface area contributed by atoms with Gasteiger partial charge in [-0.2, -0.15) is 0 Å². The predicted molar refractivity (Wildman–Crippen MR) is 74.9 cm³/mol. The number of aryl methyl sites for hydroxylation is 1. The van der Waals surface area contributed by atoms with E-state index in [1.165, 1.54) is 5.56 Å². The first-order valence-corrected chi connectivity index (χ1v) is 6.81. The lowest BCUT2D eigenvalue weighted by Crippen LogP contribution is -2.47. The average molecular weight is 248 g/mol. The molecule has 3 heteroatoms. The van der Waals surface area contributed by atoms with Gasteiger partial charge in [-0.3, -0.25) is 4.90 Å². The molecule has 2 atom stereocenters. The Morgan fingerprint density at radius 2 is 2.22 bits per heavy atom. The zero-order valence-electron chi connectivity index (χ0n) is 11.4. The summed E-state index contributed by atoms with van der Waals surface area (Å²) in [5.74, 6) is 1.66. The number of ether oxygens (including phenoxy) is 1. The Morgan fingerprint density at radius 3 is 2.94 bits per heavy atom. The van der Waals surface area contributed by atoms with Crippen molar-refractivity contribution < 1.29 is 4.74 Å². The van der Waals surface area contributed by atoms with Crippen molar-refractivity contribution in [1.82, 2.24) is 4.90 Å². The van der Waals surface area contributed by atoms with Gasteiger partial charge in [-0.05, 0) is 37.0 Å². The Kier molecular flexibility index (Phi) is 4.61. The number of nitrogens with zero attached hydrogens (tertiary/aromatic N) is 1. The van der Waals surface area contributed by atoms with E-state index < -0.39 is 0 Å². The van der Waals surface area contributed by atoms with Crippen LogP contribution in [0.3, 0.4) is 0 Å². The van der Waals surface area contributed by atoms with Crippen molar-refractivity contribution in [3.05, 3.63) is 29.8 Å². The van der Waals surface area contributed by atoms with Gasteiger partial charge >= 0.3 is 0 Å². The molecule has 0 saturated carbocycles. The highest BCUT2D eigenvalue weighted by molar-refractivity contribution is 5.27. The zero-order chi connectivity index (χ0) is 13.0. The number of benzene rings is 1. The van der Waals surface area contributed by atoms with Crippen LogP contribution >= 0.6 is 0 Å². The highest BCUT2D eigenvalue weighted by Crippen LogP contribution is 2.15. The Balaban J connectivity index is 1.75. The van der Waals surface area contributed by atoms with Gasteiger partial charge in [0.05, 0.1) is 0 Å². The highest BCUT2D eigenvalue weighted by atomic mass is 16.5. The van der Waals surface area contributed by atoms with Gasteiger partial charge < -0.3 is 10.5 Å². The van der Waals surface area contributed by atoms with Crippen molar-refractivity contribution in [3.8, 4) is 5.75 Å². The van der Waals surface area contributed by atoms with Gasteiger partial charge in [0.25, 0.3) is 0 Å². The van der Waals surface area contributed by atoms with E-state index in [0.717, 1.165) is 38.4 Å². The van der Waals surface area contributed by atoms with Crippen LogP contribution in [0.4, 0.5) is 0 Å². The van der Waals surface area contributed by atoms with Crippen LogP contribution in [0.5, 0.6) is 5.75 Å². The summed E-state index contributed by atoms with van der Waals surface area (Å²) >= 11 is 0. The molecule has 2 rings (SSSR count). The normalized spacial score (nSPS) is 25.1. The SMILES string of the molecule is Cc1cccc(OCCN2CC(C)CC(N)C2)c1. The second-order valence-corrected chi connectivity index (χ2v) is 5.53. The number of nitrogens with two attached hydrogens (primary N) is 1. The maximum Gasteiger partial charge on any atom is 0.119 e. The second-order valence-electron chi connectivity index (χ2n) is 5.53. The third-order valence-electron chi connectivity index (χ3n) is 3.43. The van der Waals surface area contributed by atoms with Crippen molar-refractivity contribution in [2.24, 2.45) is 11.7 Å². The Morgan fingerprint density at radius 1 is 1.39 bits per heavy atom. The molecule has 0 aromatic heterocycles. The van der Waals surface area contributed by atoms with E-state index in [1.54, 1.807) is 0 Å². The molecule has 1 heterocycles. The molecule has 3 nitrogen and oxygen atoms in total. The van der Waals surface area contributed by atoms with E-state index in [0.29, 0.717) is 12.0 Å². The summed E-state index contributed by atoms with van der Waals surface area (Å²) in [6.07, 6.45) is 1.15. The molecule has 1 saturated heterocycles. The largest absolute Gasteiger partial charge is 0.492 e.